The minimum atomic E-state index is -2.56. The van der Waals surface area contributed by atoms with Crippen LogP contribution >= 0.6 is 27.3 Å². The van der Waals surface area contributed by atoms with Gasteiger partial charge in [-0.15, -0.1) is 10.2 Å². The summed E-state index contributed by atoms with van der Waals surface area (Å²) < 4.78 is 24.8. The summed E-state index contributed by atoms with van der Waals surface area (Å²) in [6, 6.07) is 0. The smallest absolute Gasteiger partial charge is 0.291 e. The van der Waals surface area contributed by atoms with E-state index in [1.807, 2.05) is 0 Å². The van der Waals surface area contributed by atoms with Crippen molar-refractivity contribution in [2.45, 2.75) is 6.43 Å². The van der Waals surface area contributed by atoms with Crippen LogP contribution < -0.4 is 5.32 Å². The van der Waals surface area contributed by atoms with Crippen molar-refractivity contribution in [1.29, 1.82) is 0 Å². The molecular formula is C6H6BrF2N3S. The third-order valence-electron chi connectivity index (χ3n) is 1.06. The molecule has 0 spiro atoms. The molecule has 72 valence electrons. The molecule has 0 saturated heterocycles. The third-order valence-corrected chi connectivity index (χ3v) is 2.23. The second-order valence-corrected chi connectivity index (χ2v) is 4.25. The third kappa shape index (κ3) is 3.35. The molecular weight excluding hydrogens is 264 g/mol. The number of rotatable bonds is 4. The summed E-state index contributed by atoms with van der Waals surface area (Å²) in [5.41, 5.74) is 0. The summed E-state index contributed by atoms with van der Waals surface area (Å²) in [5, 5.41) is 9.71. The predicted octanol–water partition coefficient (Wildman–Crippen LogP) is 2.80. The highest BCUT2D eigenvalue weighted by molar-refractivity contribution is 9.11. The lowest BCUT2D eigenvalue weighted by molar-refractivity contribution is 0.150. The summed E-state index contributed by atoms with van der Waals surface area (Å²) in [4.78, 5) is 0. The Bertz CT molecular complexity index is 302. The topological polar surface area (TPSA) is 37.8 Å². The van der Waals surface area contributed by atoms with Gasteiger partial charge in [0.05, 0.1) is 0 Å². The number of nitrogens with one attached hydrogen (secondary N) is 1. The van der Waals surface area contributed by atoms with Gasteiger partial charge in [0, 0.05) is 11.0 Å². The molecule has 1 aromatic heterocycles. The summed E-state index contributed by atoms with van der Waals surface area (Å²) in [7, 11) is 0. The Morgan fingerprint density at radius 3 is 2.77 bits per heavy atom. The van der Waals surface area contributed by atoms with Crippen molar-refractivity contribution in [3.8, 4) is 0 Å². The van der Waals surface area contributed by atoms with Crippen LogP contribution in [0, 0.1) is 0 Å². The molecule has 0 bridgehead atoms. The molecule has 0 aliphatic heterocycles. The lowest BCUT2D eigenvalue weighted by atomic mass is 10.6. The number of anilines is 1. The highest BCUT2D eigenvalue weighted by Gasteiger charge is 2.13. The van der Waals surface area contributed by atoms with E-state index in [1.54, 1.807) is 0 Å². The van der Waals surface area contributed by atoms with Gasteiger partial charge in [0.1, 0.15) is 0 Å². The first-order valence-electron chi connectivity index (χ1n) is 3.28. The van der Waals surface area contributed by atoms with Crippen LogP contribution in [0.15, 0.2) is 11.1 Å². The Kier molecular flexibility index (Phi) is 3.73. The summed E-state index contributed by atoms with van der Waals surface area (Å²) in [5.74, 6) is 0. The monoisotopic (exact) mass is 269 g/mol. The quantitative estimate of drug-likeness (QED) is 0.914. The van der Waals surface area contributed by atoms with E-state index in [0.29, 0.717) is 11.7 Å². The van der Waals surface area contributed by atoms with Gasteiger partial charge in [-0.05, 0) is 0 Å². The minimum absolute atomic E-state index is 0.275. The van der Waals surface area contributed by atoms with E-state index in [4.69, 9.17) is 0 Å². The van der Waals surface area contributed by atoms with Crippen molar-refractivity contribution in [2.24, 2.45) is 0 Å². The van der Waals surface area contributed by atoms with Crippen LogP contribution in [0.3, 0.4) is 0 Å². The van der Waals surface area contributed by atoms with Crippen LogP contribution in [0.1, 0.15) is 11.4 Å². The molecule has 0 radical (unpaired) electrons. The van der Waals surface area contributed by atoms with Gasteiger partial charge in [-0.1, -0.05) is 33.8 Å². The molecule has 1 N–H and O–H groups in total. The fourth-order valence-corrected chi connectivity index (χ4v) is 1.30. The molecule has 7 heteroatoms. The van der Waals surface area contributed by atoms with Crippen LogP contribution in [0.25, 0.3) is 0 Å². The fourth-order valence-electron chi connectivity index (χ4n) is 0.566. The summed E-state index contributed by atoms with van der Waals surface area (Å²) in [6.07, 6.45) is -2.56. The fraction of sp³-hybridized carbons (Fsp3) is 0.333. The van der Waals surface area contributed by atoms with Gasteiger partial charge in [-0.2, -0.15) is 0 Å². The van der Waals surface area contributed by atoms with E-state index in [-0.39, 0.29) is 5.01 Å². The first-order valence-corrected chi connectivity index (χ1v) is 4.89. The number of alkyl halides is 2. The van der Waals surface area contributed by atoms with Crippen molar-refractivity contribution in [3.63, 3.8) is 0 Å². The maximum atomic E-state index is 12.0. The van der Waals surface area contributed by atoms with Gasteiger partial charge in [-0.25, -0.2) is 8.78 Å². The molecule has 1 rings (SSSR count). The zero-order valence-corrected chi connectivity index (χ0v) is 8.83. The van der Waals surface area contributed by atoms with Crippen LogP contribution in [0.4, 0.5) is 13.9 Å². The highest BCUT2D eigenvalue weighted by Crippen LogP contribution is 2.25. The average Bonchev–Trinajstić information content (AvgIpc) is 2.48. The second-order valence-electron chi connectivity index (χ2n) is 2.12. The maximum Gasteiger partial charge on any atom is 0.291 e. The molecule has 0 fully saturated rings. The van der Waals surface area contributed by atoms with Crippen molar-refractivity contribution in [2.75, 3.05) is 11.9 Å². The number of halogens is 3. The molecule has 13 heavy (non-hydrogen) atoms. The molecule has 0 saturated carbocycles. The van der Waals surface area contributed by atoms with E-state index in [1.165, 1.54) is 0 Å². The lowest BCUT2D eigenvalue weighted by Gasteiger charge is -1.97. The van der Waals surface area contributed by atoms with Crippen LogP contribution in [0.2, 0.25) is 0 Å². The van der Waals surface area contributed by atoms with E-state index in [9.17, 15) is 8.78 Å². The zero-order chi connectivity index (χ0) is 9.84. The first kappa shape index (κ1) is 10.5. The van der Waals surface area contributed by atoms with Crippen LogP contribution in [-0.4, -0.2) is 16.7 Å². The summed E-state index contributed by atoms with van der Waals surface area (Å²) in [6.45, 7) is 4.02. The summed E-state index contributed by atoms with van der Waals surface area (Å²) >= 11 is 3.96. The molecule has 1 heterocycles. The van der Waals surface area contributed by atoms with Crippen LogP contribution in [-0.2, 0) is 0 Å². The predicted molar refractivity (Wildman–Crippen MR) is 51.4 cm³/mol. The van der Waals surface area contributed by atoms with E-state index >= 15 is 0 Å². The maximum absolute atomic E-state index is 12.0. The molecule has 0 atom stereocenters. The number of hydrogen-bond donors (Lipinski definition) is 1. The van der Waals surface area contributed by atoms with E-state index < -0.39 is 6.43 Å². The highest BCUT2D eigenvalue weighted by atomic mass is 79.9. The average molecular weight is 270 g/mol. The van der Waals surface area contributed by atoms with Crippen molar-refractivity contribution < 1.29 is 8.78 Å². The Hall–Kier alpha value is -0.560. The molecule has 0 aliphatic carbocycles. The van der Waals surface area contributed by atoms with Gasteiger partial charge >= 0.3 is 0 Å². The van der Waals surface area contributed by atoms with Crippen molar-refractivity contribution in [1.82, 2.24) is 10.2 Å². The minimum Gasteiger partial charge on any atom is -0.355 e. The van der Waals surface area contributed by atoms with Gasteiger partial charge < -0.3 is 5.32 Å². The van der Waals surface area contributed by atoms with Crippen molar-refractivity contribution in [3.05, 3.63) is 16.1 Å². The molecule has 0 aromatic carbocycles. The SMILES string of the molecule is C=C(Br)CNc1nnc(C(F)F)s1. The number of aromatic nitrogens is 2. The van der Waals surface area contributed by atoms with E-state index in [0.717, 1.165) is 15.8 Å². The molecule has 3 nitrogen and oxygen atoms in total. The van der Waals surface area contributed by atoms with Gasteiger partial charge in [-0.3, -0.25) is 0 Å². The Morgan fingerprint density at radius 2 is 2.31 bits per heavy atom. The second kappa shape index (κ2) is 4.61. The lowest BCUT2D eigenvalue weighted by Crippen LogP contribution is -1.99. The standard InChI is InChI=1S/C6H6BrF2N3S/c1-3(7)2-10-6-12-11-5(13-6)4(8)9/h4H,1-2H2,(H,10,12). The van der Waals surface area contributed by atoms with Crippen molar-refractivity contribution >= 4 is 32.4 Å². The Morgan fingerprint density at radius 1 is 1.62 bits per heavy atom. The van der Waals surface area contributed by atoms with Gasteiger partial charge in [0.15, 0.2) is 5.01 Å². The first-order chi connectivity index (χ1) is 6.09. The largest absolute Gasteiger partial charge is 0.355 e. The Balaban J connectivity index is 2.54. The number of nitrogens with zero attached hydrogens (tertiary/aromatic N) is 2. The van der Waals surface area contributed by atoms with Crippen LogP contribution in [0.5, 0.6) is 0 Å². The van der Waals surface area contributed by atoms with E-state index in [2.05, 4.69) is 38.0 Å². The van der Waals surface area contributed by atoms with Gasteiger partial charge in [0.25, 0.3) is 6.43 Å². The molecule has 0 amide bonds. The van der Waals surface area contributed by atoms with Gasteiger partial charge in [0.2, 0.25) is 5.13 Å². The Labute approximate surface area is 86.0 Å². The molecule has 1 aromatic rings. The molecule has 0 unspecified atom stereocenters. The normalized spacial score (nSPS) is 10.5. The molecule has 0 aliphatic rings. The number of hydrogen-bond acceptors (Lipinski definition) is 4. The zero-order valence-electron chi connectivity index (χ0n) is 6.43.